The van der Waals surface area contributed by atoms with Crippen molar-refractivity contribution in [3.63, 3.8) is 0 Å². The van der Waals surface area contributed by atoms with Gasteiger partial charge >= 0.3 is 0 Å². The Bertz CT molecular complexity index is 839. The SMILES string of the molecule is CN=C1N=CC(c2nc(N)c(F)c(-c3ccccc3)n2)=C1NC. The molecule has 1 aromatic carbocycles. The summed E-state index contributed by atoms with van der Waals surface area (Å²) in [6.07, 6.45) is 1.59. The molecule has 7 heteroatoms. The van der Waals surface area contributed by atoms with E-state index in [0.717, 1.165) is 0 Å². The van der Waals surface area contributed by atoms with Crippen LogP contribution in [0.1, 0.15) is 5.82 Å². The molecular weight excluding hydrogens is 295 g/mol. The van der Waals surface area contributed by atoms with Crippen molar-refractivity contribution in [2.24, 2.45) is 9.98 Å². The second-order valence-corrected chi connectivity index (χ2v) is 4.81. The Hall–Kier alpha value is -3.09. The third kappa shape index (κ3) is 2.57. The molecule has 23 heavy (non-hydrogen) atoms. The predicted molar refractivity (Wildman–Crippen MR) is 89.7 cm³/mol. The van der Waals surface area contributed by atoms with Crippen LogP contribution in [0.3, 0.4) is 0 Å². The van der Waals surface area contributed by atoms with E-state index in [0.29, 0.717) is 28.5 Å². The zero-order chi connectivity index (χ0) is 16.4. The molecule has 0 fully saturated rings. The van der Waals surface area contributed by atoms with Crippen LogP contribution in [0, 0.1) is 5.82 Å². The Balaban J connectivity index is 2.20. The van der Waals surface area contributed by atoms with Gasteiger partial charge in [0.05, 0.1) is 11.3 Å². The first-order chi connectivity index (χ1) is 11.2. The van der Waals surface area contributed by atoms with Crippen molar-refractivity contribution in [1.82, 2.24) is 15.3 Å². The summed E-state index contributed by atoms with van der Waals surface area (Å²) >= 11 is 0. The number of nitrogens with zero attached hydrogens (tertiary/aromatic N) is 4. The minimum Gasteiger partial charge on any atom is -0.384 e. The van der Waals surface area contributed by atoms with E-state index >= 15 is 0 Å². The highest BCUT2D eigenvalue weighted by molar-refractivity contribution is 6.27. The van der Waals surface area contributed by atoms with E-state index in [9.17, 15) is 4.39 Å². The summed E-state index contributed by atoms with van der Waals surface area (Å²) in [6, 6.07) is 9.00. The van der Waals surface area contributed by atoms with E-state index in [1.54, 1.807) is 32.4 Å². The van der Waals surface area contributed by atoms with Gasteiger partial charge in [-0.05, 0) is 0 Å². The standard InChI is InChI=1S/C16H15FN6/c1-19-13-10(8-21-16(13)20-2)15-22-12(11(17)14(18)23-15)9-6-4-3-5-7-9/h3-8H,1-2H3,(H2,18,22,23)(H,19,20,21). The van der Waals surface area contributed by atoms with E-state index in [2.05, 4.69) is 25.3 Å². The first-order valence-electron chi connectivity index (χ1n) is 6.97. The Labute approximate surface area is 132 Å². The zero-order valence-corrected chi connectivity index (χ0v) is 12.7. The number of aromatic nitrogens is 2. The molecule has 116 valence electrons. The number of halogens is 1. The van der Waals surface area contributed by atoms with E-state index in [-0.39, 0.29) is 11.5 Å². The minimum atomic E-state index is -0.633. The lowest BCUT2D eigenvalue weighted by atomic mass is 10.1. The molecule has 0 aliphatic carbocycles. The Morgan fingerprint density at radius 2 is 1.91 bits per heavy atom. The van der Waals surface area contributed by atoms with Gasteiger partial charge in [0.1, 0.15) is 5.69 Å². The summed E-state index contributed by atoms with van der Waals surface area (Å²) in [5.41, 5.74) is 7.83. The van der Waals surface area contributed by atoms with Crippen LogP contribution in [0.5, 0.6) is 0 Å². The molecule has 1 aliphatic rings. The number of nitrogen functional groups attached to an aromatic ring is 1. The van der Waals surface area contributed by atoms with Crippen LogP contribution < -0.4 is 11.1 Å². The van der Waals surface area contributed by atoms with Gasteiger partial charge < -0.3 is 11.1 Å². The van der Waals surface area contributed by atoms with Gasteiger partial charge in [-0.25, -0.2) is 19.4 Å². The molecule has 1 aliphatic heterocycles. The van der Waals surface area contributed by atoms with E-state index < -0.39 is 5.82 Å². The third-order valence-corrected chi connectivity index (χ3v) is 3.44. The summed E-state index contributed by atoms with van der Waals surface area (Å²) in [5, 5.41) is 3.02. The van der Waals surface area contributed by atoms with Gasteiger partial charge in [-0.1, -0.05) is 30.3 Å². The van der Waals surface area contributed by atoms with Gasteiger partial charge in [0, 0.05) is 25.9 Å². The molecule has 1 aromatic heterocycles. The summed E-state index contributed by atoms with van der Waals surface area (Å²) < 4.78 is 14.3. The van der Waals surface area contributed by atoms with E-state index in [1.807, 2.05) is 18.2 Å². The first kappa shape index (κ1) is 14.8. The number of likely N-dealkylation sites (N-methyl/N-ethyl adjacent to an activating group) is 1. The van der Waals surface area contributed by atoms with Crippen molar-refractivity contribution >= 4 is 23.4 Å². The lowest BCUT2D eigenvalue weighted by Crippen LogP contribution is -2.15. The molecule has 2 aromatic rings. The Kier molecular flexibility index (Phi) is 3.84. The normalized spacial score (nSPS) is 15.5. The molecule has 0 radical (unpaired) electrons. The van der Waals surface area contributed by atoms with E-state index in [1.165, 1.54) is 0 Å². The van der Waals surface area contributed by atoms with Crippen molar-refractivity contribution in [2.45, 2.75) is 0 Å². The minimum absolute atomic E-state index is 0.159. The molecule has 3 rings (SSSR count). The molecule has 0 saturated carbocycles. The lowest BCUT2D eigenvalue weighted by molar-refractivity contribution is 0.623. The lowest BCUT2D eigenvalue weighted by Gasteiger charge is -2.09. The van der Waals surface area contributed by atoms with Gasteiger partial charge in [0.2, 0.25) is 0 Å². The molecule has 0 bridgehead atoms. The highest BCUT2D eigenvalue weighted by atomic mass is 19.1. The molecule has 2 heterocycles. The van der Waals surface area contributed by atoms with Gasteiger partial charge in [0.25, 0.3) is 0 Å². The van der Waals surface area contributed by atoms with Crippen molar-refractivity contribution < 1.29 is 4.39 Å². The fourth-order valence-corrected chi connectivity index (χ4v) is 2.33. The number of aliphatic imine (C=N–C) groups is 2. The number of nitrogens with one attached hydrogen (secondary N) is 1. The highest BCUT2D eigenvalue weighted by Crippen LogP contribution is 2.27. The highest BCUT2D eigenvalue weighted by Gasteiger charge is 2.22. The Morgan fingerprint density at radius 1 is 1.17 bits per heavy atom. The second-order valence-electron chi connectivity index (χ2n) is 4.81. The molecule has 0 unspecified atom stereocenters. The molecule has 0 atom stereocenters. The van der Waals surface area contributed by atoms with Crippen LogP contribution in [0.4, 0.5) is 10.2 Å². The van der Waals surface area contributed by atoms with Gasteiger partial charge in [0.15, 0.2) is 23.3 Å². The number of benzene rings is 1. The third-order valence-electron chi connectivity index (χ3n) is 3.44. The summed E-state index contributed by atoms with van der Waals surface area (Å²) in [6.45, 7) is 0. The predicted octanol–water partition coefficient (Wildman–Crippen LogP) is 1.91. The van der Waals surface area contributed by atoms with Crippen LogP contribution >= 0.6 is 0 Å². The average molecular weight is 310 g/mol. The number of hydrogen-bond donors (Lipinski definition) is 2. The summed E-state index contributed by atoms with van der Waals surface area (Å²) in [4.78, 5) is 16.7. The maximum atomic E-state index is 14.3. The van der Waals surface area contributed by atoms with Crippen molar-refractivity contribution in [3.8, 4) is 11.3 Å². The second kappa shape index (κ2) is 5.96. The van der Waals surface area contributed by atoms with Crippen LogP contribution in [0.15, 0.2) is 46.0 Å². The average Bonchev–Trinajstić information content (AvgIpc) is 3.01. The van der Waals surface area contributed by atoms with Crippen LogP contribution in [0.25, 0.3) is 16.8 Å². The molecular formula is C16H15FN6. The van der Waals surface area contributed by atoms with Crippen molar-refractivity contribution in [3.05, 3.63) is 47.7 Å². The van der Waals surface area contributed by atoms with Gasteiger partial charge in [-0.15, -0.1) is 0 Å². The number of rotatable bonds is 3. The number of nitrogens with two attached hydrogens (primary N) is 1. The number of amidine groups is 1. The summed E-state index contributed by atoms with van der Waals surface area (Å²) in [5.74, 6) is 0.00253. The smallest absolute Gasteiger partial charge is 0.191 e. The topological polar surface area (TPSA) is 88.5 Å². The summed E-state index contributed by atoms with van der Waals surface area (Å²) in [7, 11) is 3.39. The maximum absolute atomic E-state index is 14.3. The van der Waals surface area contributed by atoms with Crippen molar-refractivity contribution in [2.75, 3.05) is 19.8 Å². The molecule has 6 nitrogen and oxygen atoms in total. The molecule has 0 saturated heterocycles. The fourth-order valence-electron chi connectivity index (χ4n) is 2.33. The van der Waals surface area contributed by atoms with Crippen molar-refractivity contribution in [1.29, 1.82) is 0 Å². The number of anilines is 1. The molecule has 0 spiro atoms. The molecule has 3 N–H and O–H groups in total. The quantitative estimate of drug-likeness (QED) is 0.906. The number of hydrogen-bond acceptors (Lipinski definition) is 5. The van der Waals surface area contributed by atoms with Crippen LogP contribution in [0.2, 0.25) is 0 Å². The van der Waals surface area contributed by atoms with Crippen LogP contribution in [-0.4, -0.2) is 36.1 Å². The van der Waals surface area contributed by atoms with Crippen LogP contribution in [-0.2, 0) is 0 Å². The molecule has 0 amide bonds. The zero-order valence-electron chi connectivity index (χ0n) is 12.7. The van der Waals surface area contributed by atoms with E-state index in [4.69, 9.17) is 5.73 Å². The fraction of sp³-hybridized carbons (Fsp3) is 0.125. The monoisotopic (exact) mass is 310 g/mol. The van der Waals surface area contributed by atoms with Gasteiger partial charge in [-0.2, -0.15) is 0 Å². The first-order valence-corrected chi connectivity index (χ1v) is 6.97. The van der Waals surface area contributed by atoms with Gasteiger partial charge in [-0.3, -0.25) is 4.99 Å². The maximum Gasteiger partial charge on any atom is 0.191 e. The Morgan fingerprint density at radius 3 is 2.57 bits per heavy atom. The largest absolute Gasteiger partial charge is 0.384 e. The number of allylic oxidation sites excluding steroid dienone is 1.